The average Bonchev–Trinajstić information content (AvgIpc) is 2.46. The summed E-state index contributed by atoms with van der Waals surface area (Å²) in [6, 6.07) is 5.83. The number of hydrogen-bond donors (Lipinski definition) is 2. The van der Waals surface area contributed by atoms with Gasteiger partial charge in [-0.2, -0.15) is 0 Å². The van der Waals surface area contributed by atoms with Crippen molar-refractivity contribution in [2.24, 2.45) is 0 Å². The van der Waals surface area contributed by atoms with Crippen LogP contribution in [0.2, 0.25) is 5.02 Å². The van der Waals surface area contributed by atoms with Crippen LogP contribution in [0.5, 0.6) is 0 Å². The van der Waals surface area contributed by atoms with Crippen LogP contribution in [-0.4, -0.2) is 23.1 Å². The predicted octanol–water partition coefficient (Wildman–Crippen LogP) is 3.48. The smallest absolute Gasteiger partial charge is 0.144 e. The first-order valence-electron chi connectivity index (χ1n) is 6.40. The van der Waals surface area contributed by atoms with Crippen molar-refractivity contribution in [3.8, 4) is 0 Å². The topological polar surface area (TPSA) is 49.8 Å². The largest absolute Gasteiger partial charge is 0.369 e. The van der Waals surface area contributed by atoms with Gasteiger partial charge in [0.2, 0.25) is 0 Å². The number of hydrogen-bond acceptors (Lipinski definition) is 4. The summed E-state index contributed by atoms with van der Waals surface area (Å²) >= 11 is 9.40. The molecule has 0 aliphatic heterocycles. The van der Waals surface area contributed by atoms with E-state index in [4.69, 9.17) is 11.6 Å². The molecule has 0 saturated heterocycles. The Kier molecular flexibility index (Phi) is 6.24. The van der Waals surface area contributed by atoms with Gasteiger partial charge in [-0.15, -0.1) is 0 Å². The molecule has 20 heavy (non-hydrogen) atoms. The van der Waals surface area contributed by atoms with Gasteiger partial charge in [0.05, 0.1) is 5.02 Å². The van der Waals surface area contributed by atoms with E-state index in [0.717, 1.165) is 36.3 Å². The molecule has 2 N–H and O–H groups in total. The van der Waals surface area contributed by atoms with Crippen LogP contribution in [0.25, 0.3) is 0 Å². The number of nitrogens with one attached hydrogen (secondary N) is 2. The first-order chi connectivity index (χ1) is 9.75. The summed E-state index contributed by atoms with van der Waals surface area (Å²) in [6.45, 7) is 2.59. The maximum absolute atomic E-state index is 6.07. The SMILES string of the molecule is Clc1cc(Br)cnc1NCCCNCc1cccnc1. The van der Waals surface area contributed by atoms with Crippen LogP contribution in [0.15, 0.2) is 41.3 Å². The Morgan fingerprint density at radius 1 is 1.25 bits per heavy atom. The molecule has 0 radical (unpaired) electrons. The zero-order valence-electron chi connectivity index (χ0n) is 10.9. The standard InChI is InChI=1S/C14H16BrClN4/c15-12-7-13(16)14(20-10-12)19-6-2-5-18-9-11-3-1-4-17-8-11/h1,3-4,7-8,10,18H,2,5-6,9H2,(H,19,20). The zero-order chi connectivity index (χ0) is 14.2. The molecule has 2 heterocycles. The highest BCUT2D eigenvalue weighted by molar-refractivity contribution is 9.10. The minimum atomic E-state index is 0.627. The average molecular weight is 356 g/mol. The van der Waals surface area contributed by atoms with Crippen molar-refractivity contribution in [2.75, 3.05) is 18.4 Å². The number of nitrogens with zero attached hydrogens (tertiary/aromatic N) is 2. The Morgan fingerprint density at radius 3 is 2.90 bits per heavy atom. The van der Waals surface area contributed by atoms with E-state index < -0.39 is 0 Å². The monoisotopic (exact) mass is 354 g/mol. The fourth-order valence-corrected chi connectivity index (χ4v) is 2.40. The Bertz CT molecular complexity index is 536. The Balaban J connectivity index is 1.62. The van der Waals surface area contributed by atoms with Crippen molar-refractivity contribution >= 4 is 33.3 Å². The van der Waals surface area contributed by atoms with E-state index in [9.17, 15) is 0 Å². The molecule has 0 fully saturated rings. The molecule has 0 unspecified atom stereocenters. The van der Waals surface area contributed by atoms with Gasteiger partial charge in [0.15, 0.2) is 0 Å². The minimum absolute atomic E-state index is 0.627. The van der Waals surface area contributed by atoms with Gasteiger partial charge in [-0.1, -0.05) is 17.7 Å². The van der Waals surface area contributed by atoms with Crippen LogP contribution in [0.3, 0.4) is 0 Å². The molecule has 0 aliphatic rings. The summed E-state index contributed by atoms with van der Waals surface area (Å²) < 4.78 is 0.881. The van der Waals surface area contributed by atoms with E-state index >= 15 is 0 Å². The highest BCUT2D eigenvalue weighted by Gasteiger charge is 2.01. The molecule has 0 aliphatic carbocycles. The van der Waals surface area contributed by atoms with Crippen LogP contribution in [0, 0.1) is 0 Å². The van der Waals surface area contributed by atoms with E-state index in [0.29, 0.717) is 5.02 Å². The van der Waals surface area contributed by atoms with E-state index in [1.54, 1.807) is 12.4 Å². The maximum atomic E-state index is 6.07. The first kappa shape index (κ1) is 15.2. The van der Waals surface area contributed by atoms with E-state index in [1.165, 1.54) is 5.56 Å². The number of aromatic nitrogens is 2. The van der Waals surface area contributed by atoms with Crippen molar-refractivity contribution in [1.82, 2.24) is 15.3 Å². The molecule has 2 rings (SSSR count). The number of halogens is 2. The molecule has 0 saturated carbocycles. The van der Waals surface area contributed by atoms with Gasteiger partial charge >= 0.3 is 0 Å². The third-order valence-corrected chi connectivity index (χ3v) is 3.40. The normalized spacial score (nSPS) is 10.5. The highest BCUT2D eigenvalue weighted by Crippen LogP contribution is 2.22. The lowest BCUT2D eigenvalue weighted by Crippen LogP contribution is -2.18. The predicted molar refractivity (Wildman–Crippen MR) is 86.0 cm³/mol. The van der Waals surface area contributed by atoms with Gasteiger partial charge in [0, 0.05) is 36.2 Å². The summed E-state index contributed by atoms with van der Waals surface area (Å²) in [5.41, 5.74) is 1.19. The van der Waals surface area contributed by atoms with Gasteiger partial charge in [-0.25, -0.2) is 4.98 Å². The maximum Gasteiger partial charge on any atom is 0.144 e. The molecule has 2 aromatic heterocycles. The van der Waals surface area contributed by atoms with Crippen LogP contribution >= 0.6 is 27.5 Å². The van der Waals surface area contributed by atoms with Crippen LogP contribution in [0.4, 0.5) is 5.82 Å². The molecule has 106 valence electrons. The number of rotatable bonds is 7. The summed E-state index contributed by atoms with van der Waals surface area (Å²) in [7, 11) is 0. The Hall–Kier alpha value is -1.17. The van der Waals surface area contributed by atoms with E-state index in [1.807, 2.05) is 18.3 Å². The molecule has 0 bridgehead atoms. The second-order valence-corrected chi connectivity index (χ2v) is 5.63. The van der Waals surface area contributed by atoms with Gasteiger partial charge in [0.1, 0.15) is 5.82 Å². The molecular formula is C14H16BrClN4. The molecule has 0 atom stereocenters. The summed E-state index contributed by atoms with van der Waals surface area (Å²) in [4.78, 5) is 8.30. The fraction of sp³-hybridized carbons (Fsp3) is 0.286. The van der Waals surface area contributed by atoms with Crippen molar-refractivity contribution in [1.29, 1.82) is 0 Å². The van der Waals surface area contributed by atoms with E-state index in [-0.39, 0.29) is 0 Å². The zero-order valence-corrected chi connectivity index (χ0v) is 13.3. The molecule has 6 heteroatoms. The lowest BCUT2D eigenvalue weighted by atomic mass is 10.3. The van der Waals surface area contributed by atoms with Crippen molar-refractivity contribution in [3.05, 3.63) is 51.8 Å². The van der Waals surface area contributed by atoms with Crippen LogP contribution < -0.4 is 10.6 Å². The van der Waals surface area contributed by atoms with E-state index in [2.05, 4.69) is 42.6 Å². The van der Waals surface area contributed by atoms with Crippen molar-refractivity contribution < 1.29 is 0 Å². The summed E-state index contributed by atoms with van der Waals surface area (Å²) in [5.74, 6) is 0.724. The number of pyridine rings is 2. The van der Waals surface area contributed by atoms with Crippen LogP contribution in [-0.2, 0) is 6.54 Å². The van der Waals surface area contributed by atoms with Gasteiger partial charge in [-0.05, 0) is 46.6 Å². The molecule has 0 spiro atoms. The minimum Gasteiger partial charge on any atom is -0.369 e. The third-order valence-electron chi connectivity index (χ3n) is 2.68. The third kappa shape index (κ3) is 5.07. The quantitative estimate of drug-likeness (QED) is 0.747. The van der Waals surface area contributed by atoms with Crippen molar-refractivity contribution in [2.45, 2.75) is 13.0 Å². The fourth-order valence-electron chi connectivity index (χ4n) is 1.70. The highest BCUT2D eigenvalue weighted by atomic mass is 79.9. The van der Waals surface area contributed by atoms with Crippen molar-refractivity contribution in [3.63, 3.8) is 0 Å². The molecule has 4 nitrogen and oxygen atoms in total. The molecule has 0 aromatic carbocycles. The lowest BCUT2D eigenvalue weighted by Gasteiger charge is -2.08. The summed E-state index contributed by atoms with van der Waals surface area (Å²) in [6.07, 6.45) is 6.38. The first-order valence-corrected chi connectivity index (χ1v) is 7.57. The Labute approximate surface area is 132 Å². The van der Waals surface area contributed by atoms with Gasteiger partial charge in [0.25, 0.3) is 0 Å². The molecule has 2 aromatic rings. The van der Waals surface area contributed by atoms with Gasteiger partial charge < -0.3 is 10.6 Å². The number of anilines is 1. The second kappa shape index (κ2) is 8.19. The summed E-state index contributed by atoms with van der Waals surface area (Å²) in [5, 5.41) is 7.22. The molecule has 0 amide bonds. The molecular weight excluding hydrogens is 340 g/mol. The van der Waals surface area contributed by atoms with Crippen LogP contribution in [0.1, 0.15) is 12.0 Å². The lowest BCUT2D eigenvalue weighted by molar-refractivity contribution is 0.661. The Morgan fingerprint density at radius 2 is 2.15 bits per heavy atom. The second-order valence-electron chi connectivity index (χ2n) is 4.30. The van der Waals surface area contributed by atoms with Gasteiger partial charge in [-0.3, -0.25) is 4.98 Å².